The normalized spacial score (nSPS) is 10.6. The highest BCUT2D eigenvalue weighted by Crippen LogP contribution is 2.14. The molecular formula is C13H19NO. The van der Waals surface area contributed by atoms with Gasteiger partial charge in [-0.3, -0.25) is 0 Å². The van der Waals surface area contributed by atoms with Crippen molar-refractivity contribution in [2.75, 3.05) is 13.1 Å². The Hall–Kier alpha value is -1.15. The standard InChI is InChI=1S/C13H19NO/c1-11(2)13-5-3-12(4-6-13)7-8-14-9-10-15/h3-6,10-11,14H,7-9H2,1-2H3. The highest BCUT2D eigenvalue weighted by Gasteiger charge is 1.98. The van der Waals surface area contributed by atoms with E-state index in [0.717, 1.165) is 19.3 Å². The fraction of sp³-hybridized carbons (Fsp3) is 0.462. The minimum absolute atomic E-state index is 0.448. The van der Waals surface area contributed by atoms with Gasteiger partial charge in [0, 0.05) is 0 Å². The Morgan fingerprint density at radius 3 is 2.47 bits per heavy atom. The minimum atomic E-state index is 0.448. The molecule has 0 aromatic heterocycles. The van der Waals surface area contributed by atoms with Crippen molar-refractivity contribution in [1.29, 1.82) is 0 Å². The summed E-state index contributed by atoms with van der Waals surface area (Å²) in [6.07, 6.45) is 1.87. The van der Waals surface area contributed by atoms with E-state index in [1.165, 1.54) is 11.1 Å². The van der Waals surface area contributed by atoms with Gasteiger partial charge in [0.1, 0.15) is 6.29 Å². The Labute approximate surface area is 91.7 Å². The number of benzene rings is 1. The first-order valence-electron chi connectivity index (χ1n) is 5.47. The number of aldehydes is 1. The lowest BCUT2D eigenvalue weighted by Crippen LogP contribution is -2.19. The van der Waals surface area contributed by atoms with E-state index in [9.17, 15) is 4.79 Å². The van der Waals surface area contributed by atoms with Crippen molar-refractivity contribution in [2.45, 2.75) is 26.2 Å². The number of rotatable bonds is 6. The Balaban J connectivity index is 2.39. The average molecular weight is 205 g/mol. The average Bonchev–Trinajstić information content (AvgIpc) is 2.25. The molecule has 2 nitrogen and oxygen atoms in total. The lowest BCUT2D eigenvalue weighted by atomic mass is 10.0. The second kappa shape index (κ2) is 6.36. The largest absolute Gasteiger partial charge is 0.310 e. The van der Waals surface area contributed by atoms with Crippen LogP contribution >= 0.6 is 0 Å². The Morgan fingerprint density at radius 2 is 1.93 bits per heavy atom. The van der Waals surface area contributed by atoms with Gasteiger partial charge in [-0.1, -0.05) is 38.1 Å². The van der Waals surface area contributed by atoms with E-state index in [4.69, 9.17) is 0 Å². The van der Waals surface area contributed by atoms with Gasteiger partial charge >= 0.3 is 0 Å². The van der Waals surface area contributed by atoms with Crippen LogP contribution in [0.4, 0.5) is 0 Å². The monoisotopic (exact) mass is 205 g/mol. The van der Waals surface area contributed by atoms with Crippen LogP contribution in [0.25, 0.3) is 0 Å². The zero-order valence-electron chi connectivity index (χ0n) is 9.49. The summed E-state index contributed by atoms with van der Waals surface area (Å²) in [7, 11) is 0. The van der Waals surface area contributed by atoms with Crippen molar-refractivity contribution in [1.82, 2.24) is 5.32 Å². The topological polar surface area (TPSA) is 29.1 Å². The molecule has 1 N–H and O–H groups in total. The third kappa shape index (κ3) is 4.26. The van der Waals surface area contributed by atoms with Crippen molar-refractivity contribution >= 4 is 6.29 Å². The van der Waals surface area contributed by atoms with Gasteiger partial charge < -0.3 is 10.1 Å². The number of hydrogen-bond donors (Lipinski definition) is 1. The first-order chi connectivity index (χ1) is 7.24. The second-order valence-electron chi connectivity index (χ2n) is 4.02. The van der Waals surface area contributed by atoms with Crippen LogP contribution in [0.15, 0.2) is 24.3 Å². The summed E-state index contributed by atoms with van der Waals surface area (Å²) in [4.78, 5) is 10.1. The van der Waals surface area contributed by atoms with Gasteiger partial charge in [0.2, 0.25) is 0 Å². The molecule has 0 aliphatic heterocycles. The molecule has 0 spiro atoms. The molecule has 0 aliphatic carbocycles. The van der Waals surface area contributed by atoms with Crippen LogP contribution in [0, 0.1) is 0 Å². The molecule has 0 fully saturated rings. The lowest BCUT2D eigenvalue weighted by molar-refractivity contribution is -0.107. The van der Waals surface area contributed by atoms with Crippen LogP contribution in [0.5, 0.6) is 0 Å². The second-order valence-corrected chi connectivity index (χ2v) is 4.02. The van der Waals surface area contributed by atoms with Crippen molar-refractivity contribution < 1.29 is 4.79 Å². The number of nitrogens with one attached hydrogen (secondary N) is 1. The molecule has 1 rings (SSSR count). The number of hydrogen-bond acceptors (Lipinski definition) is 2. The van der Waals surface area contributed by atoms with E-state index in [-0.39, 0.29) is 0 Å². The van der Waals surface area contributed by atoms with Crippen LogP contribution in [0.2, 0.25) is 0 Å². The Kier molecular flexibility index (Phi) is 5.05. The predicted octanol–water partition coefficient (Wildman–Crippen LogP) is 2.14. The number of carbonyl (C=O) groups excluding carboxylic acids is 1. The summed E-state index contributed by atoms with van der Waals surface area (Å²) >= 11 is 0. The molecule has 0 unspecified atom stereocenters. The van der Waals surface area contributed by atoms with E-state index in [2.05, 4.69) is 43.4 Å². The maximum absolute atomic E-state index is 10.1. The van der Waals surface area contributed by atoms with Crippen LogP contribution < -0.4 is 5.32 Å². The van der Waals surface area contributed by atoms with Crippen molar-refractivity contribution in [3.8, 4) is 0 Å². The van der Waals surface area contributed by atoms with E-state index in [1.807, 2.05) is 0 Å². The molecule has 0 atom stereocenters. The van der Waals surface area contributed by atoms with Crippen LogP contribution in [0.1, 0.15) is 30.9 Å². The molecule has 0 aliphatic rings. The summed E-state index contributed by atoms with van der Waals surface area (Å²) in [6, 6.07) is 8.69. The maximum atomic E-state index is 10.1. The zero-order valence-corrected chi connectivity index (χ0v) is 9.49. The molecule has 0 bridgehead atoms. The molecule has 0 heterocycles. The maximum Gasteiger partial charge on any atom is 0.133 e. The van der Waals surface area contributed by atoms with Gasteiger partial charge in [0.25, 0.3) is 0 Å². The van der Waals surface area contributed by atoms with Crippen LogP contribution in [0.3, 0.4) is 0 Å². The summed E-state index contributed by atoms with van der Waals surface area (Å²) in [5.41, 5.74) is 2.69. The van der Waals surface area contributed by atoms with Gasteiger partial charge in [-0.25, -0.2) is 0 Å². The zero-order chi connectivity index (χ0) is 11.1. The van der Waals surface area contributed by atoms with Crippen molar-refractivity contribution in [3.63, 3.8) is 0 Å². The molecule has 0 saturated heterocycles. The molecule has 2 heteroatoms. The molecule has 1 aromatic rings. The van der Waals surface area contributed by atoms with Gasteiger partial charge in [0.15, 0.2) is 0 Å². The molecular weight excluding hydrogens is 186 g/mol. The molecule has 82 valence electrons. The fourth-order valence-corrected chi connectivity index (χ4v) is 1.46. The first-order valence-corrected chi connectivity index (χ1v) is 5.47. The molecule has 15 heavy (non-hydrogen) atoms. The quantitative estimate of drug-likeness (QED) is 0.569. The fourth-order valence-electron chi connectivity index (χ4n) is 1.46. The molecule has 0 saturated carbocycles. The van der Waals surface area contributed by atoms with Crippen LogP contribution in [-0.2, 0) is 11.2 Å². The van der Waals surface area contributed by atoms with E-state index < -0.39 is 0 Å². The van der Waals surface area contributed by atoms with E-state index in [0.29, 0.717) is 12.5 Å². The third-order valence-electron chi connectivity index (χ3n) is 2.46. The van der Waals surface area contributed by atoms with Gasteiger partial charge in [-0.2, -0.15) is 0 Å². The van der Waals surface area contributed by atoms with Crippen molar-refractivity contribution in [3.05, 3.63) is 35.4 Å². The summed E-state index contributed by atoms with van der Waals surface area (Å²) in [6.45, 7) is 5.70. The summed E-state index contributed by atoms with van der Waals surface area (Å²) < 4.78 is 0. The predicted molar refractivity (Wildman–Crippen MR) is 63.2 cm³/mol. The summed E-state index contributed by atoms with van der Waals surface area (Å²) in [5.74, 6) is 0.590. The highest BCUT2D eigenvalue weighted by atomic mass is 16.1. The third-order valence-corrected chi connectivity index (χ3v) is 2.46. The molecule has 1 aromatic carbocycles. The Bertz CT molecular complexity index is 290. The van der Waals surface area contributed by atoms with Gasteiger partial charge in [-0.05, 0) is 30.0 Å². The van der Waals surface area contributed by atoms with Gasteiger partial charge in [-0.15, -0.1) is 0 Å². The molecule has 0 radical (unpaired) electrons. The van der Waals surface area contributed by atoms with Crippen LogP contribution in [-0.4, -0.2) is 19.4 Å². The van der Waals surface area contributed by atoms with E-state index >= 15 is 0 Å². The first kappa shape index (κ1) is 11.9. The summed E-state index contributed by atoms with van der Waals surface area (Å²) in [5, 5.41) is 3.05. The van der Waals surface area contributed by atoms with Crippen molar-refractivity contribution in [2.24, 2.45) is 0 Å². The highest BCUT2D eigenvalue weighted by molar-refractivity contribution is 5.51. The van der Waals surface area contributed by atoms with E-state index in [1.54, 1.807) is 0 Å². The lowest BCUT2D eigenvalue weighted by Gasteiger charge is -2.06. The smallest absolute Gasteiger partial charge is 0.133 e. The van der Waals surface area contributed by atoms with Gasteiger partial charge in [0.05, 0.1) is 6.54 Å². The molecule has 0 amide bonds. The Morgan fingerprint density at radius 1 is 1.27 bits per heavy atom. The SMILES string of the molecule is CC(C)c1ccc(CCNCC=O)cc1. The minimum Gasteiger partial charge on any atom is -0.310 e. The number of carbonyl (C=O) groups is 1.